The monoisotopic (exact) mass is 319 g/mol. The van der Waals surface area contributed by atoms with Crippen LogP contribution in [0.5, 0.6) is 0 Å². The molecule has 1 aliphatic heterocycles. The van der Waals surface area contributed by atoms with Crippen LogP contribution in [-0.2, 0) is 4.74 Å². The van der Waals surface area contributed by atoms with Gasteiger partial charge in [-0.15, -0.1) is 0 Å². The average molecular weight is 319 g/mol. The van der Waals surface area contributed by atoms with E-state index in [4.69, 9.17) is 4.74 Å². The average Bonchev–Trinajstić information content (AvgIpc) is 2.45. The van der Waals surface area contributed by atoms with Crippen molar-refractivity contribution >= 4 is 17.7 Å². The number of nitrogens with zero attached hydrogens (tertiary/aromatic N) is 2. The minimum absolute atomic E-state index is 0.00970. The molecule has 0 aliphatic carbocycles. The molecule has 1 saturated heterocycles. The van der Waals surface area contributed by atoms with Gasteiger partial charge in [-0.05, 0) is 65.9 Å². The molecule has 6 heteroatoms. The van der Waals surface area contributed by atoms with Gasteiger partial charge in [0.15, 0.2) is 5.78 Å². The van der Waals surface area contributed by atoms with Gasteiger partial charge in [0.25, 0.3) is 0 Å². The molecule has 2 heterocycles. The van der Waals surface area contributed by atoms with Crippen LogP contribution in [0.3, 0.4) is 0 Å². The van der Waals surface area contributed by atoms with E-state index >= 15 is 0 Å². The third-order valence-corrected chi connectivity index (χ3v) is 3.72. The highest BCUT2D eigenvalue weighted by molar-refractivity contribution is 5.97. The van der Waals surface area contributed by atoms with E-state index in [0.29, 0.717) is 11.5 Å². The first-order valence-electron chi connectivity index (χ1n) is 7.94. The highest BCUT2D eigenvalue weighted by atomic mass is 16.6. The Hall–Kier alpha value is -1.95. The van der Waals surface area contributed by atoms with Crippen LogP contribution >= 0.6 is 0 Å². The van der Waals surface area contributed by atoms with Crippen LogP contribution in [0.2, 0.25) is 0 Å². The number of amides is 1. The predicted molar refractivity (Wildman–Crippen MR) is 88.6 cm³/mol. The normalized spacial score (nSPS) is 16.9. The Morgan fingerprint density at radius 1 is 1.26 bits per heavy atom. The van der Waals surface area contributed by atoms with Gasteiger partial charge in [0.1, 0.15) is 17.1 Å². The topological polar surface area (TPSA) is 71.5 Å². The quantitative estimate of drug-likeness (QED) is 0.867. The summed E-state index contributed by atoms with van der Waals surface area (Å²) >= 11 is 0. The number of carbonyl (C=O) groups excluding carboxylic acids is 2. The molecule has 1 aliphatic rings. The third kappa shape index (κ3) is 5.32. The second-order valence-electron chi connectivity index (χ2n) is 6.98. The fourth-order valence-corrected chi connectivity index (χ4v) is 2.53. The molecule has 0 spiro atoms. The first kappa shape index (κ1) is 17.4. The molecule has 1 aromatic heterocycles. The molecular formula is C17H25N3O3. The highest BCUT2D eigenvalue weighted by Crippen LogP contribution is 2.21. The predicted octanol–water partition coefficient (Wildman–Crippen LogP) is 2.95. The summed E-state index contributed by atoms with van der Waals surface area (Å²) in [6, 6.07) is 5.07. The molecule has 1 amide bonds. The minimum atomic E-state index is -0.578. The summed E-state index contributed by atoms with van der Waals surface area (Å²) in [5, 5.41) is 2.57. The number of carbonyl (C=O) groups is 2. The maximum Gasteiger partial charge on any atom is 0.413 e. The highest BCUT2D eigenvalue weighted by Gasteiger charge is 2.25. The first-order chi connectivity index (χ1) is 10.7. The number of piperidine rings is 1. The molecule has 0 radical (unpaired) electrons. The Balaban J connectivity index is 2.02. The molecule has 126 valence electrons. The second-order valence-corrected chi connectivity index (χ2v) is 6.98. The molecule has 2 rings (SSSR count). The fourth-order valence-electron chi connectivity index (χ4n) is 2.53. The lowest BCUT2D eigenvalue weighted by atomic mass is 9.91. The van der Waals surface area contributed by atoms with Crippen molar-refractivity contribution in [2.45, 2.75) is 39.2 Å². The van der Waals surface area contributed by atoms with Gasteiger partial charge in [0.05, 0.1) is 0 Å². The number of anilines is 1. The summed E-state index contributed by atoms with van der Waals surface area (Å²) in [4.78, 5) is 30.8. The van der Waals surface area contributed by atoms with Gasteiger partial charge in [-0.3, -0.25) is 10.1 Å². The number of pyridine rings is 1. The van der Waals surface area contributed by atoms with E-state index in [0.717, 1.165) is 25.9 Å². The number of rotatable bonds is 3. The van der Waals surface area contributed by atoms with Crippen LogP contribution < -0.4 is 5.32 Å². The van der Waals surface area contributed by atoms with Gasteiger partial charge in [0, 0.05) is 5.92 Å². The van der Waals surface area contributed by atoms with Crippen LogP contribution in [0.1, 0.15) is 44.1 Å². The van der Waals surface area contributed by atoms with Crippen molar-refractivity contribution in [1.29, 1.82) is 0 Å². The standard InChI is InChI=1S/C17H25N3O3/c1-17(2,3)23-16(22)19-14-7-5-6-13(18-14)15(21)12-8-10-20(4)11-9-12/h5-7,12H,8-11H2,1-4H3,(H,18,19,22). The van der Waals surface area contributed by atoms with Crippen molar-refractivity contribution in [2.75, 3.05) is 25.5 Å². The maximum atomic E-state index is 12.5. The van der Waals surface area contributed by atoms with Crippen LogP contribution in [0.25, 0.3) is 0 Å². The number of hydrogen-bond donors (Lipinski definition) is 1. The number of ketones is 1. The van der Waals surface area contributed by atoms with Crippen molar-refractivity contribution in [3.8, 4) is 0 Å². The number of likely N-dealkylation sites (tertiary alicyclic amines) is 1. The third-order valence-electron chi connectivity index (χ3n) is 3.72. The maximum absolute atomic E-state index is 12.5. The van der Waals surface area contributed by atoms with Gasteiger partial charge in [-0.1, -0.05) is 6.07 Å². The molecule has 0 aromatic carbocycles. The zero-order valence-corrected chi connectivity index (χ0v) is 14.3. The first-order valence-corrected chi connectivity index (χ1v) is 7.94. The number of Topliss-reactive ketones (excluding diaryl/α,β-unsaturated/α-hetero) is 1. The Labute approximate surface area is 137 Å². The molecule has 6 nitrogen and oxygen atoms in total. The van der Waals surface area contributed by atoms with E-state index in [1.54, 1.807) is 39.0 Å². The zero-order chi connectivity index (χ0) is 17.0. The van der Waals surface area contributed by atoms with Gasteiger partial charge >= 0.3 is 6.09 Å². The van der Waals surface area contributed by atoms with Gasteiger partial charge in [0.2, 0.25) is 0 Å². The smallest absolute Gasteiger partial charge is 0.413 e. The summed E-state index contributed by atoms with van der Waals surface area (Å²) in [5.41, 5.74) is -0.181. The van der Waals surface area contributed by atoms with Gasteiger partial charge in [-0.25, -0.2) is 9.78 Å². The van der Waals surface area contributed by atoms with E-state index in [1.165, 1.54) is 0 Å². The van der Waals surface area contributed by atoms with E-state index in [2.05, 4.69) is 22.2 Å². The SMILES string of the molecule is CN1CCC(C(=O)c2cccc(NC(=O)OC(C)(C)C)n2)CC1. The van der Waals surface area contributed by atoms with Crippen molar-refractivity contribution < 1.29 is 14.3 Å². The zero-order valence-electron chi connectivity index (χ0n) is 14.3. The molecule has 0 bridgehead atoms. The Bertz CT molecular complexity index is 573. The lowest BCUT2D eigenvalue weighted by Gasteiger charge is -2.27. The Kier molecular flexibility index (Phi) is 5.36. The van der Waals surface area contributed by atoms with Gasteiger partial charge < -0.3 is 9.64 Å². The van der Waals surface area contributed by atoms with Crippen molar-refractivity contribution in [1.82, 2.24) is 9.88 Å². The van der Waals surface area contributed by atoms with E-state index < -0.39 is 11.7 Å². The van der Waals surface area contributed by atoms with Crippen LogP contribution in [0.4, 0.5) is 10.6 Å². The lowest BCUT2D eigenvalue weighted by molar-refractivity contribution is 0.0634. The second kappa shape index (κ2) is 7.08. The molecular weight excluding hydrogens is 294 g/mol. The molecule has 0 saturated carbocycles. The van der Waals surface area contributed by atoms with Crippen LogP contribution in [-0.4, -0.2) is 47.5 Å². The van der Waals surface area contributed by atoms with Gasteiger partial charge in [-0.2, -0.15) is 0 Å². The number of hydrogen-bond acceptors (Lipinski definition) is 5. The summed E-state index contributed by atoms with van der Waals surface area (Å²) in [6.45, 7) is 7.22. The van der Waals surface area contributed by atoms with E-state index in [1.807, 2.05) is 0 Å². The minimum Gasteiger partial charge on any atom is -0.444 e. The van der Waals surface area contributed by atoms with Crippen molar-refractivity contribution in [3.63, 3.8) is 0 Å². The summed E-state index contributed by atoms with van der Waals surface area (Å²) < 4.78 is 5.19. The fraction of sp³-hybridized carbons (Fsp3) is 0.588. The number of nitrogens with one attached hydrogen (secondary N) is 1. The molecule has 0 atom stereocenters. The molecule has 23 heavy (non-hydrogen) atoms. The Morgan fingerprint density at radius 2 is 1.91 bits per heavy atom. The lowest BCUT2D eigenvalue weighted by Crippen LogP contribution is -2.34. The summed E-state index contributed by atoms with van der Waals surface area (Å²) in [5.74, 6) is 0.388. The van der Waals surface area contributed by atoms with E-state index in [9.17, 15) is 9.59 Å². The molecule has 0 unspecified atom stereocenters. The van der Waals surface area contributed by atoms with Crippen LogP contribution in [0.15, 0.2) is 18.2 Å². The Morgan fingerprint density at radius 3 is 2.52 bits per heavy atom. The summed E-state index contributed by atoms with van der Waals surface area (Å²) in [6.07, 6.45) is 1.12. The van der Waals surface area contributed by atoms with E-state index in [-0.39, 0.29) is 11.7 Å². The van der Waals surface area contributed by atoms with Crippen LogP contribution in [0, 0.1) is 5.92 Å². The summed E-state index contributed by atoms with van der Waals surface area (Å²) in [7, 11) is 2.06. The molecule has 1 N–H and O–H groups in total. The van der Waals surface area contributed by atoms with Crippen molar-refractivity contribution in [2.24, 2.45) is 5.92 Å². The number of ether oxygens (including phenoxy) is 1. The largest absolute Gasteiger partial charge is 0.444 e. The molecule has 1 aromatic rings. The molecule has 1 fully saturated rings. The number of aromatic nitrogens is 1. The van der Waals surface area contributed by atoms with Crippen molar-refractivity contribution in [3.05, 3.63) is 23.9 Å².